The van der Waals surface area contributed by atoms with E-state index in [-0.39, 0.29) is 39.9 Å². The second kappa shape index (κ2) is 9.64. The zero-order valence-electron chi connectivity index (χ0n) is 19.7. The lowest BCUT2D eigenvalue weighted by molar-refractivity contribution is -0.255. The number of fused-ring (bicyclic) bond motifs is 2. The van der Waals surface area contributed by atoms with Crippen molar-refractivity contribution in [1.82, 2.24) is 0 Å². The third-order valence-electron chi connectivity index (χ3n) is 7.57. The second-order valence-electron chi connectivity index (χ2n) is 10.1. The maximum absolute atomic E-state index is 13.5. The first-order valence-electron chi connectivity index (χ1n) is 11.6. The van der Waals surface area contributed by atoms with Gasteiger partial charge in [0.1, 0.15) is 6.10 Å². The molecule has 3 saturated carbocycles. The third-order valence-corrected chi connectivity index (χ3v) is 10.2. The summed E-state index contributed by atoms with van der Waals surface area (Å²) in [6, 6.07) is 6.56. The van der Waals surface area contributed by atoms with E-state index < -0.39 is 62.3 Å². The highest BCUT2D eigenvalue weighted by Gasteiger charge is 2.64. The van der Waals surface area contributed by atoms with Crippen molar-refractivity contribution in [2.24, 2.45) is 17.8 Å². The minimum atomic E-state index is -4.03. The molecule has 2 bridgehead atoms. The van der Waals surface area contributed by atoms with Crippen molar-refractivity contribution < 1.29 is 37.3 Å². The number of rotatable bonds is 7. The molecule has 7 nitrogen and oxygen atoms in total. The van der Waals surface area contributed by atoms with Crippen LogP contribution in [0.3, 0.4) is 0 Å². The molecule has 0 spiro atoms. The minimum Gasteiger partial charge on any atom is -0.390 e. The fourth-order valence-corrected chi connectivity index (χ4v) is 7.79. The predicted molar refractivity (Wildman–Crippen MR) is 129 cm³/mol. The molecule has 2 aromatic rings. The zero-order valence-corrected chi connectivity index (χ0v) is 21.2. The Labute approximate surface area is 213 Å². The largest absolute Gasteiger partial charge is 0.390 e. The molecule has 2 aromatic carbocycles. The summed E-state index contributed by atoms with van der Waals surface area (Å²) in [5.41, 5.74) is -1.62. The van der Waals surface area contributed by atoms with E-state index in [1.807, 2.05) is 0 Å². The van der Waals surface area contributed by atoms with Crippen molar-refractivity contribution >= 4 is 33.0 Å². The predicted octanol–water partition coefficient (Wildman–Crippen LogP) is 3.55. The third kappa shape index (κ3) is 4.54. The molecule has 0 saturated heterocycles. The minimum absolute atomic E-state index is 0.00736. The zero-order chi connectivity index (χ0) is 26.6. The first kappa shape index (κ1) is 26.9. The molecule has 3 aliphatic carbocycles. The van der Waals surface area contributed by atoms with E-state index in [2.05, 4.69) is 5.32 Å². The van der Waals surface area contributed by atoms with Gasteiger partial charge in [0, 0.05) is 17.3 Å². The highest BCUT2D eigenvalue weighted by Crippen LogP contribution is 2.57. The Morgan fingerprint density at radius 3 is 2.28 bits per heavy atom. The van der Waals surface area contributed by atoms with Gasteiger partial charge >= 0.3 is 0 Å². The van der Waals surface area contributed by atoms with Gasteiger partial charge in [-0.2, -0.15) is 0 Å². The van der Waals surface area contributed by atoms with E-state index in [0.717, 1.165) is 18.2 Å². The van der Waals surface area contributed by atoms with Gasteiger partial charge in [-0.3, -0.25) is 4.79 Å². The van der Waals surface area contributed by atoms with Gasteiger partial charge < -0.3 is 20.6 Å². The summed E-state index contributed by atoms with van der Waals surface area (Å²) in [5.74, 6) is -4.27. The quantitative estimate of drug-likeness (QED) is 0.423. The molecule has 11 heteroatoms. The monoisotopic (exact) mass is 543 g/mol. The van der Waals surface area contributed by atoms with Crippen molar-refractivity contribution in [2.75, 3.05) is 5.32 Å². The summed E-state index contributed by atoms with van der Waals surface area (Å²) in [6.45, 7) is 3.44. The molecule has 5 rings (SSSR count). The van der Waals surface area contributed by atoms with Gasteiger partial charge in [0.05, 0.1) is 26.9 Å². The normalized spacial score (nSPS) is 27.3. The van der Waals surface area contributed by atoms with Gasteiger partial charge in [0.25, 0.3) is 5.91 Å². The van der Waals surface area contributed by atoms with Crippen LogP contribution in [0.15, 0.2) is 41.3 Å². The molecule has 0 heterocycles. The molecule has 3 fully saturated rings. The van der Waals surface area contributed by atoms with Gasteiger partial charge in [0.2, 0.25) is 0 Å². The van der Waals surface area contributed by atoms with Crippen molar-refractivity contribution in [3.63, 3.8) is 0 Å². The lowest BCUT2D eigenvalue weighted by Crippen LogP contribution is -2.70. The van der Waals surface area contributed by atoms with Crippen LogP contribution in [0.5, 0.6) is 0 Å². The summed E-state index contributed by atoms with van der Waals surface area (Å²) in [4.78, 5) is 12.4. The van der Waals surface area contributed by atoms with Crippen molar-refractivity contribution in [3.05, 3.63) is 58.6 Å². The standard InChI is InChI=1S/C25H28ClF2NO6S/c1-12(2)22(30)23(31)25(33)14-8-15(25)10-17(9-14)36(34,35)21-7-13(3-5-18(21)26)24(32)29-16-4-6-19(27)20(28)11-16/h3-7,11-12,14-15,17,22-23,30-31,33H,8-10H2,1-2H3,(H,29,32)/t14?,15?,17?,22-,23+,25?/m0/s1. The molecule has 0 aliphatic heterocycles. The number of hydrogen-bond acceptors (Lipinski definition) is 6. The number of hydrogen-bond donors (Lipinski definition) is 4. The first-order chi connectivity index (χ1) is 16.8. The van der Waals surface area contributed by atoms with E-state index >= 15 is 0 Å². The van der Waals surface area contributed by atoms with E-state index in [4.69, 9.17) is 11.6 Å². The average Bonchev–Trinajstić information content (AvgIpc) is 2.84. The lowest BCUT2D eigenvalue weighted by Gasteiger charge is -2.60. The van der Waals surface area contributed by atoms with E-state index in [0.29, 0.717) is 6.42 Å². The van der Waals surface area contributed by atoms with Gasteiger partial charge in [0.15, 0.2) is 21.5 Å². The van der Waals surface area contributed by atoms with Gasteiger partial charge in [-0.25, -0.2) is 17.2 Å². The number of aliphatic hydroxyl groups is 3. The Balaban J connectivity index is 1.54. The maximum atomic E-state index is 13.5. The van der Waals surface area contributed by atoms with E-state index in [9.17, 15) is 37.3 Å². The number of carbonyl (C=O) groups is 1. The fourth-order valence-electron chi connectivity index (χ4n) is 5.39. The number of benzene rings is 2. The molecule has 196 valence electrons. The smallest absolute Gasteiger partial charge is 0.255 e. The number of sulfone groups is 1. The van der Waals surface area contributed by atoms with Gasteiger partial charge in [-0.05, 0) is 67.3 Å². The number of aliphatic hydroxyl groups excluding tert-OH is 2. The molecule has 0 radical (unpaired) electrons. The van der Waals surface area contributed by atoms with Crippen LogP contribution in [0.2, 0.25) is 5.02 Å². The number of carbonyl (C=O) groups excluding carboxylic acids is 1. The molecule has 4 N–H and O–H groups in total. The summed E-state index contributed by atoms with van der Waals surface area (Å²) < 4.78 is 53.6. The topological polar surface area (TPSA) is 124 Å². The molecule has 36 heavy (non-hydrogen) atoms. The van der Waals surface area contributed by atoms with Crippen molar-refractivity contribution in [3.8, 4) is 0 Å². The molecule has 2 unspecified atom stereocenters. The Morgan fingerprint density at radius 1 is 1.06 bits per heavy atom. The van der Waals surface area contributed by atoms with Gasteiger partial charge in [-0.15, -0.1) is 0 Å². The first-order valence-corrected chi connectivity index (χ1v) is 13.6. The molecule has 4 atom stereocenters. The van der Waals surface area contributed by atoms with Crippen LogP contribution in [0, 0.1) is 29.4 Å². The lowest BCUT2D eigenvalue weighted by atomic mass is 9.51. The van der Waals surface area contributed by atoms with Crippen LogP contribution in [-0.2, 0) is 9.84 Å². The number of amides is 1. The highest BCUT2D eigenvalue weighted by atomic mass is 35.5. The number of anilines is 1. The fraction of sp³-hybridized carbons (Fsp3) is 0.480. The Bertz CT molecular complexity index is 1280. The van der Waals surface area contributed by atoms with Crippen LogP contribution < -0.4 is 5.32 Å². The maximum Gasteiger partial charge on any atom is 0.255 e. The summed E-state index contributed by atoms with van der Waals surface area (Å²) >= 11 is 6.21. The van der Waals surface area contributed by atoms with Crippen molar-refractivity contribution in [1.29, 1.82) is 0 Å². The molecular weight excluding hydrogens is 516 g/mol. The Morgan fingerprint density at radius 2 is 1.69 bits per heavy atom. The van der Waals surface area contributed by atoms with Crippen LogP contribution in [-0.4, -0.2) is 52.7 Å². The second-order valence-corrected chi connectivity index (χ2v) is 12.7. The van der Waals surface area contributed by atoms with E-state index in [1.165, 1.54) is 18.2 Å². The van der Waals surface area contributed by atoms with Crippen LogP contribution in [0.1, 0.15) is 43.5 Å². The van der Waals surface area contributed by atoms with E-state index in [1.54, 1.807) is 13.8 Å². The van der Waals surface area contributed by atoms with Crippen LogP contribution in [0.25, 0.3) is 0 Å². The number of halogens is 3. The Kier molecular flexibility index (Phi) is 7.22. The summed E-state index contributed by atoms with van der Waals surface area (Å²) in [6.07, 6.45) is -1.86. The Hall–Kier alpha value is -2.11. The van der Waals surface area contributed by atoms with Crippen molar-refractivity contribution in [2.45, 2.75) is 61.1 Å². The van der Waals surface area contributed by atoms with Crippen LogP contribution in [0.4, 0.5) is 14.5 Å². The highest BCUT2D eigenvalue weighted by molar-refractivity contribution is 7.92. The SMILES string of the molecule is CC(C)[C@H](O)[C@@H](O)C1(O)C2CC1CC(S(=O)(=O)c1cc(C(=O)Nc3ccc(F)c(F)c3)ccc1Cl)C2. The molecule has 0 aromatic heterocycles. The van der Waals surface area contributed by atoms with Gasteiger partial charge in [-0.1, -0.05) is 25.4 Å². The summed E-state index contributed by atoms with van der Waals surface area (Å²) in [7, 11) is -4.03. The summed E-state index contributed by atoms with van der Waals surface area (Å²) in [5, 5.41) is 33.5. The van der Waals surface area contributed by atoms with Crippen LogP contribution >= 0.6 is 11.6 Å². The number of nitrogens with one attached hydrogen (secondary N) is 1. The molecule has 1 amide bonds. The molecular formula is C25H28ClF2NO6S. The average molecular weight is 544 g/mol. The molecule has 3 aliphatic rings.